The maximum atomic E-state index is 13.0. The number of Topliss-reactive ketones (excluding diaryl/α,β-unsaturated/α-hetero) is 1. The van der Waals surface area contributed by atoms with Crippen molar-refractivity contribution in [3.63, 3.8) is 0 Å². The standard InChI is InChI=1S/C25H22N2O4/c1-16-5-7-18(8-6-16)22-21(23(28)19-9-11-20(31-2)12-10-19)24(29)25(30)27(22)15-17-4-3-13-26-14-17/h3-14,22,28H,15H2,1-2H3/b23-21+. The first kappa shape index (κ1) is 20.3. The van der Waals surface area contributed by atoms with Crippen LogP contribution in [-0.4, -0.2) is 33.8 Å². The Morgan fingerprint density at radius 2 is 1.77 bits per heavy atom. The molecule has 1 aliphatic rings. The number of aliphatic hydroxyl groups excluding tert-OH is 1. The maximum Gasteiger partial charge on any atom is 0.295 e. The number of aliphatic hydroxyl groups is 1. The highest BCUT2D eigenvalue weighted by Gasteiger charge is 2.46. The van der Waals surface area contributed by atoms with Gasteiger partial charge < -0.3 is 14.7 Å². The molecule has 0 radical (unpaired) electrons. The molecule has 2 heterocycles. The summed E-state index contributed by atoms with van der Waals surface area (Å²) in [4.78, 5) is 31.6. The van der Waals surface area contributed by atoms with Gasteiger partial charge in [0.05, 0.1) is 18.7 Å². The summed E-state index contributed by atoms with van der Waals surface area (Å²) in [7, 11) is 1.55. The minimum Gasteiger partial charge on any atom is -0.507 e. The summed E-state index contributed by atoms with van der Waals surface area (Å²) in [5, 5.41) is 11.1. The van der Waals surface area contributed by atoms with Crippen LogP contribution < -0.4 is 4.74 Å². The Bertz CT molecular complexity index is 1140. The molecule has 1 N–H and O–H groups in total. The predicted molar refractivity (Wildman–Crippen MR) is 116 cm³/mol. The fourth-order valence-corrected chi connectivity index (χ4v) is 3.73. The number of aromatic nitrogens is 1. The van der Waals surface area contributed by atoms with Gasteiger partial charge >= 0.3 is 0 Å². The van der Waals surface area contributed by atoms with E-state index in [2.05, 4.69) is 4.98 Å². The number of carbonyl (C=O) groups is 2. The zero-order valence-electron chi connectivity index (χ0n) is 17.3. The second kappa shape index (κ2) is 8.44. The molecule has 0 saturated carbocycles. The molecular formula is C25H22N2O4. The molecule has 156 valence electrons. The van der Waals surface area contributed by atoms with Crippen molar-refractivity contribution in [1.82, 2.24) is 9.88 Å². The van der Waals surface area contributed by atoms with Crippen molar-refractivity contribution in [1.29, 1.82) is 0 Å². The number of amides is 1. The van der Waals surface area contributed by atoms with Crippen molar-refractivity contribution in [2.75, 3.05) is 7.11 Å². The van der Waals surface area contributed by atoms with Gasteiger partial charge in [-0.2, -0.15) is 0 Å². The minimum absolute atomic E-state index is 0.0721. The van der Waals surface area contributed by atoms with E-state index in [1.54, 1.807) is 49.8 Å². The van der Waals surface area contributed by atoms with Crippen LogP contribution >= 0.6 is 0 Å². The molecule has 4 rings (SSSR count). The van der Waals surface area contributed by atoms with Gasteiger partial charge in [0.1, 0.15) is 11.5 Å². The maximum absolute atomic E-state index is 13.0. The third-order valence-corrected chi connectivity index (χ3v) is 5.37. The monoisotopic (exact) mass is 414 g/mol. The molecule has 0 bridgehead atoms. The fraction of sp³-hybridized carbons (Fsp3) is 0.160. The zero-order valence-corrected chi connectivity index (χ0v) is 17.3. The first-order valence-corrected chi connectivity index (χ1v) is 9.88. The predicted octanol–water partition coefficient (Wildman–Crippen LogP) is 4.02. The average molecular weight is 414 g/mol. The van der Waals surface area contributed by atoms with E-state index in [-0.39, 0.29) is 17.9 Å². The first-order valence-electron chi connectivity index (χ1n) is 9.88. The SMILES string of the molecule is COc1ccc(/C(O)=C2\C(=O)C(=O)N(Cc3cccnc3)C2c2ccc(C)cc2)cc1. The number of hydrogen-bond donors (Lipinski definition) is 1. The van der Waals surface area contributed by atoms with Gasteiger partial charge in [0.15, 0.2) is 0 Å². The fourth-order valence-electron chi connectivity index (χ4n) is 3.73. The largest absolute Gasteiger partial charge is 0.507 e. The number of hydrogen-bond acceptors (Lipinski definition) is 5. The number of benzene rings is 2. The summed E-state index contributed by atoms with van der Waals surface area (Å²) in [6.45, 7) is 2.17. The highest BCUT2D eigenvalue weighted by atomic mass is 16.5. The topological polar surface area (TPSA) is 79.7 Å². The van der Waals surface area contributed by atoms with Gasteiger partial charge in [-0.3, -0.25) is 14.6 Å². The summed E-state index contributed by atoms with van der Waals surface area (Å²) in [6, 6.07) is 17.2. The van der Waals surface area contributed by atoms with E-state index < -0.39 is 17.7 Å². The molecule has 1 amide bonds. The number of ether oxygens (including phenoxy) is 1. The van der Waals surface area contributed by atoms with Crippen LogP contribution in [0, 0.1) is 6.92 Å². The Balaban J connectivity index is 1.84. The Morgan fingerprint density at radius 1 is 1.06 bits per heavy atom. The lowest BCUT2D eigenvalue weighted by Gasteiger charge is -2.25. The van der Waals surface area contributed by atoms with E-state index in [0.29, 0.717) is 11.3 Å². The van der Waals surface area contributed by atoms with E-state index in [9.17, 15) is 14.7 Å². The van der Waals surface area contributed by atoms with Crippen LogP contribution in [0.25, 0.3) is 5.76 Å². The number of carbonyl (C=O) groups excluding carboxylic acids is 2. The molecule has 1 atom stereocenters. The highest BCUT2D eigenvalue weighted by molar-refractivity contribution is 6.46. The molecule has 3 aromatic rings. The van der Waals surface area contributed by atoms with Crippen LogP contribution in [0.2, 0.25) is 0 Å². The van der Waals surface area contributed by atoms with Crippen molar-refractivity contribution in [2.45, 2.75) is 19.5 Å². The first-order chi connectivity index (χ1) is 15.0. The molecule has 1 unspecified atom stereocenters. The molecule has 1 fully saturated rings. The Hall–Kier alpha value is -3.93. The third kappa shape index (κ3) is 3.92. The number of likely N-dealkylation sites (tertiary alicyclic amines) is 1. The van der Waals surface area contributed by atoms with Crippen molar-refractivity contribution in [3.8, 4) is 5.75 Å². The summed E-state index contributed by atoms with van der Waals surface area (Å²) < 4.78 is 5.16. The number of methoxy groups -OCH3 is 1. The van der Waals surface area contributed by atoms with Gasteiger partial charge in [-0.15, -0.1) is 0 Å². The molecule has 0 aliphatic carbocycles. The Labute approximate surface area is 180 Å². The van der Waals surface area contributed by atoms with Crippen LogP contribution in [0.15, 0.2) is 78.6 Å². The van der Waals surface area contributed by atoms with Gasteiger partial charge in [0.25, 0.3) is 11.7 Å². The zero-order chi connectivity index (χ0) is 22.0. The van der Waals surface area contributed by atoms with E-state index >= 15 is 0 Å². The smallest absolute Gasteiger partial charge is 0.295 e. The molecule has 1 saturated heterocycles. The van der Waals surface area contributed by atoms with E-state index in [0.717, 1.165) is 16.7 Å². The molecule has 2 aromatic carbocycles. The summed E-state index contributed by atoms with van der Waals surface area (Å²) in [6.07, 6.45) is 3.31. The Kier molecular flexibility index (Phi) is 5.54. The number of pyridine rings is 1. The number of ketones is 1. The van der Waals surface area contributed by atoms with E-state index in [1.807, 2.05) is 37.3 Å². The average Bonchev–Trinajstić information content (AvgIpc) is 3.05. The molecule has 6 nitrogen and oxygen atoms in total. The number of aryl methyl sites for hydroxylation is 1. The molecular weight excluding hydrogens is 392 g/mol. The summed E-state index contributed by atoms with van der Waals surface area (Å²) >= 11 is 0. The lowest BCUT2D eigenvalue weighted by Crippen LogP contribution is -2.29. The second-order valence-corrected chi connectivity index (χ2v) is 7.43. The summed E-state index contributed by atoms with van der Waals surface area (Å²) in [5.74, 6) is -0.934. The molecule has 31 heavy (non-hydrogen) atoms. The van der Waals surface area contributed by atoms with Gasteiger partial charge in [-0.25, -0.2) is 0 Å². The van der Waals surface area contributed by atoms with Crippen molar-refractivity contribution >= 4 is 17.4 Å². The van der Waals surface area contributed by atoms with Crippen molar-refractivity contribution in [2.24, 2.45) is 0 Å². The van der Waals surface area contributed by atoms with Crippen LogP contribution in [-0.2, 0) is 16.1 Å². The van der Waals surface area contributed by atoms with Gasteiger partial charge in [0.2, 0.25) is 0 Å². The van der Waals surface area contributed by atoms with Crippen molar-refractivity contribution < 1.29 is 19.4 Å². The lowest BCUT2D eigenvalue weighted by atomic mass is 9.94. The van der Waals surface area contributed by atoms with E-state index in [4.69, 9.17) is 4.74 Å². The van der Waals surface area contributed by atoms with Gasteiger partial charge in [0, 0.05) is 24.5 Å². The van der Waals surface area contributed by atoms with Gasteiger partial charge in [-0.1, -0.05) is 35.9 Å². The second-order valence-electron chi connectivity index (χ2n) is 7.43. The van der Waals surface area contributed by atoms with E-state index in [1.165, 1.54) is 4.90 Å². The molecule has 1 aromatic heterocycles. The highest BCUT2D eigenvalue weighted by Crippen LogP contribution is 2.40. The number of rotatable bonds is 5. The lowest BCUT2D eigenvalue weighted by molar-refractivity contribution is -0.140. The Morgan fingerprint density at radius 3 is 2.39 bits per heavy atom. The molecule has 1 aliphatic heterocycles. The van der Waals surface area contributed by atoms with Crippen LogP contribution in [0.3, 0.4) is 0 Å². The summed E-state index contributed by atoms with van der Waals surface area (Å²) in [5.41, 5.74) is 3.12. The normalized spacial score (nSPS) is 17.7. The quantitative estimate of drug-likeness (QED) is 0.388. The van der Waals surface area contributed by atoms with Gasteiger partial charge in [-0.05, 0) is 48.4 Å². The van der Waals surface area contributed by atoms with Crippen molar-refractivity contribution in [3.05, 3.63) is 101 Å². The molecule has 6 heteroatoms. The molecule has 0 spiro atoms. The van der Waals surface area contributed by atoms with Crippen LogP contribution in [0.4, 0.5) is 0 Å². The van der Waals surface area contributed by atoms with Crippen LogP contribution in [0.1, 0.15) is 28.3 Å². The minimum atomic E-state index is -0.706. The van der Waals surface area contributed by atoms with Crippen LogP contribution in [0.5, 0.6) is 5.75 Å². The third-order valence-electron chi connectivity index (χ3n) is 5.37. The number of nitrogens with zero attached hydrogens (tertiary/aromatic N) is 2.